The van der Waals surface area contributed by atoms with Crippen molar-refractivity contribution in [2.24, 2.45) is 0 Å². The maximum atomic E-state index is 12.5. The third-order valence-corrected chi connectivity index (χ3v) is 2.73. The maximum absolute atomic E-state index is 12.5. The zero-order valence-electron chi connectivity index (χ0n) is 9.35. The third-order valence-electron chi connectivity index (χ3n) is 2.40. The molecule has 2 unspecified atom stereocenters. The van der Waals surface area contributed by atoms with Crippen LogP contribution in [0.2, 0.25) is 5.02 Å². The topological polar surface area (TPSA) is 32.3 Å². The first-order chi connectivity index (χ1) is 7.71. The van der Waals surface area contributed by atoms with Gasteiger partial charge in [-0.1, -0.05) is 11.6 Å². The van der Waals surface area contributed by atoms with Gasteiger partial charge in [0.1, 0.15) is 0 Å². The molecule has 0 saturated carbocycles. The van der Waals surface area contributed by atoms with E-state index in [9.17, 15) is 18.3 Å². The Balaban J connectivity index is 2.99. The summed E-state index contributed by atoms with van der Waals surface area (Å²) in [4.78, 5) is 0. The Bertz CT molecular complexity index is 393. The van der Waals surface area contributed by atoms with Crippen LogP contribution in [-0.2, 0) is 6.18 Å². The van der Waals surface area contributed by atoms with Crippen molar-refractivity contribution in [3.05, 3.63) is 28.8 Å². The van der Waals surface area contributed by atoms with Gasteiger partial charge in [-0.05, 0) is 32.0 Å². The van der Waals surface area contributed by atoms with Crippen LogP contribution in [0, 0.1) is 0 Å². The first-order valence-corrected chi connectivity index (χ1v) is 5.41. The van der Waals surface area contributed by atoms with E-state index in [2.05, 4.69) is 5.32 Å². The zero-order chi connectivity index (χ0) is 13.2. The van der Waals surface area contributed by atoms with E-state index < -0.39 is 23.9 Å². The molecule has 0 aliphatic rings. The number of hydrogen-bond acceptors (Lipinski definition) is 2. The molecule has 0 aliphatic heterocycles. The van der Waals surface area contributed by atoms with Gasteiger partial charge in [0.25, 0.3) is 0 Å². The van der Waals surface area contributed by atoms with Crippen molar-refractivity contribution in [3.8, 4) is 0 Å². The molecule has 0 aliphatic carbocycles. The lowest BCUT2D eigenvalue weighted by molar-refractivity contribution is -0.137. The van der Waals surface area contributed by atoms with Crippen LogP contribution in [0.5, 0.6) is 0 Å². The molecule has 0 aromatic heterocycles. The van der Waals surface area contributed by atoms with E-state index in [0.717, 1.165) is 12.1 Å². The number of rotatable bonds is 3. The number of nitrogens with one attached hydrogen (secondary N) is 1. The van der Waals surface area contributed by atoms with Crippen LogP contribution in [0.15, 0.2) is 18.2 Å². The first-order valence-electron chi connectivity index (χ1n) is 5.03. The lowest BCUT2D eigenvalue weighted by Gasteiger charge is -2.19. The monoisotopic (exact) mass is 267 g/mol. The second kappa shape index (κ2) is 5.14. The van der Waals surface area contributed by atoms with Crippen LogP contribution in [0.3, 0.4) is 0 Å². The highest BCUT2D eigenvalue weighted by Gasteiger charge is 2.31. The predicted molar refractivity (Wildman–Crippen MR) is 61.2 cm³/mol. The SMILES string of the molecule is CC(O)C(C)Nc1cc(C(F)(F)F)ccc1Cl. The molecule has 2 N–H and O–H groups in total. The molecule has 0 heterocycles. The molecule has 1 aromatic carbocycles. The van der Waals surface area contributed by atoms with E-state index in [0.29, 0.717) is 0 Å². The fraction of sp³-hybridized carbons (Fsp3) is 0.455. The molecular formula is C11H13ClF3NO. The molecule has 2 atom stereocenters. The minimum atomic E-state index is -4.41. The number of alkyl halides is 3. The Morgan fingerprint density at radius 3 is 2.35 bits per heavy atom. The zero-order valence-corrected chi connectivity index (χ0v) is 10.1. The smallest absolute Gasteiger partial charge is 0.391 e. The van der Waals surface area contributed by atoms with Crippen LogP contribution in [0.4, 0.5) is 18.9 Å². The molecule has 0 fully saturated rings. The van der Waals surface area contributed by atoms with E-state index in [-0.39, 0.29) is 10.7 Å². The van der Waals surface area contributed by atoms with Gasteiger partial charge in [0, 0.05) is 6.04 Å². The van der Waals surface area contributed by atoms with Crippen LogP contribution in [0.25, 0.3) is 0 Å². The molecule has 2 nitrogen and oxygen atoms in total. The molecule has 1 rings (SSSR count). The van der Waals surface area contributed by atoms with Gasteiger partial charge >= 0.3 is 6.18 Å². The molecule has 1 aromatic rings. The average Bonchev–Trinajstić information content (AvgIpc) is 2.19. The fourth-order valence-corrected chi connectivity index (χ4v) is 1.35. The summed E-state index contributed by atoms with van der Waals surface area (Å²) >= 11 is 5.78. The Morgan fingerprint density at radius 2 is 1.88 bits per heavy atom. The third kappa shape index (κ3) is 3.78. The summed E-state index contributed by atoms with van der Waals surface area (Å²) in [6.45, 7) is 3.19. The van der Waals surface area contributed by atoms with Crippen molar-refractivity contribution < 1.29 is 18.3 Å². The Hall–Kier alpha value is -0.940. The largest absolute Gasteiger partial charge is 0.416 e. The van der Waals surface area contributed by atoms with Gasteiger partial charge in [0.2, 0.25) is 0 Å². The van der Waals surface area contributed by atoms with Gasteiger partial charge in [-0.25, -0.2) is 0 Å². The van der Waals surface area contributed by atoms with Crippen molar-refractivity contribution in [1.82, 2.24) is 0 Å². The highest BCUT2D eigenvalue weighted by atomic mass is 35.5. The second-order valence-electron chi connectivity index (χ2n) is 3.87. The summed E-state index contributed by atoms with van der Waals surface area (Å²) in [5.41, 5.74) is -0.614. The molecule has 96 valence electrons. The van der Waals surface area contributed by atoms with E-state index in [1.807, 2.05) is 0 Å². The average molecular weight is 268 g/mol. The molecule has 0 amide bonds. The fourth-order valence-electron chi connectivity index (χ4n) is 1.18. The molecule has 6 heteroatoms. The molecule has 0 bridgehead atoms. The van der Waals surface area contributed by atoms with Crippen LogP contribution >= 0.6 is 11.6 Å². The van der Waals surface area contributed by atoms with Crippen molar-refractivity contribution >= 4 is 17.3 Å². The summed E-state index contributed by atoms with van der Waals surface area (Å²) in [6.07, 6.45) is -5.10. The van der Waals surface area contributed by atoms with E-state index in [1.54, 1.807) is 13.8 Å². The number of halogens is 4. The van der Waals surface area contributed by atoms with Crippen LogP contribution < -0.4 is 5.32 Å². The predicted octanol–water partition coefficient (Wildman–Crippen LogP) is 3.54. The van der Waals surface area contributed by atoms with Crippen LogP contribution in [-0.4, -0.2) is 17.3 Å². The quantitative estimate of drug-likeness (QED) is 0.878. The van der Waals surface area contributed by atoms with Crippen molar-refractivity contribution in [1.29, 1.82) is 0 Å². The lowest BCUT2D eigenvalue weighted by atomic mass is 10.1. The van der Waals surface area contributed by atoms with E-state index in [1.165, 1.54) is 6.07 Å². The Labute approximate surface area is 102 Å². The van der Waals surface area contributed by atoms with Crippen molar-refractivity contribution in [2.75, 3.05) is 5.32 Å². The maximum Gasteiger partial charge on any atom is 0.416 e. The minimum Gasteiger partial charge on any atom is -0.391 e. The number of aliphatic hydroxyl groups is 1. The second-order valence-corrected chi connectivity index (χ2v) is 4.27. The summed E-state index contributed by atoms with van der Waals surface area (Å²) in [6, 6.07) is 2.64. The number of benzene rings is 1. The van der Waals surface area contributed by atoms with Gasteiger partial charge < -0.3 is 10.4 Å². The molecule has 0 radical (unpaired) electrons. The number of aliphatic hydroxyl groups excluding tert-OH is 1. The summed E-state index contributed by atoms with van der Waals surface area (Å²) < 4.78 is 37.4. The van der Waals surface area contributed by atoms with E-state index in [4.69, 9.17) is 11.6 Å². The van der Waals surface area contributed by atoms with Gasteiger partial charge in [-0.3, -0.25) is 0 Å². The van der Waals surface area contributed by atoms with Gasteiger partial charge in [0.15, 0.2) is 0 Å². The lowest BCUT2D eigenvalue weighted by Crippen LogP contribution is -2.28. The van der Waals surface area contributed by atoms with Crippen molar-refractivity contribution in [2.45, 2.75) is 32.2 Å². The molecular weight excluding hydrogens is 255 g/mol. The highest BCUT2D eigenvalue weighted by Crippen LogP contribution is 2.34. The normalized spacial score (nSPS) is 15.5. The van der Waals surface area contributed by atoms with Gasteiger partial charge in [-0.2, -0.15) is 13.2 Å². The number of anilines is 1. The first kappa shape index (κ1) is 14.1. The Kier molecular flexibility index (Phi) is 4.27. The van der Waals surface area contributed by atoms with Crippen molar-refractivity contribution in [3.63, 3.8) is 0 Å². The Morgan fingerprint density at radius 1 is 1.29 bits per heavy atom. The summed E-state index contributed by atoms with van der Waals surface area (Å²) in [7, 11) is 0. The van der Waals surface area contributed by atoms with Gasteiger partial charge in [-0.15, -0.1) is 0 Å². The molecule has 0 spiro atoms. The summed E-state index contributed by atoms with van der Waals surface area (Å²) in [5, 5.41) is 12.2. The van der Waals surface area contributed by atoms with Crippen LogP contribution in [0.1, 0.15) is 19.4 Å². The summed E-state index contributed by atoms with van der Waals surface area (Å²) in [5.74, 6) is 0. The minimum absolute atomic E-state index is 0.162. The van der Waals surface area contributed by atoms with E-state index >= 15 is 0 Å². The molecule has 0 saturated heterocycles. The molecule has 17 heavy (non-hydrogen) atoms. The number of hydrogen-bond donors (Lipinski definition) is 2. The standard InChI is InChI=1S/C11H13ClF3NO/c1-6(7(2)17)16-10-5-8(11(13,14)15)3-4-9(10)12/h3-7,16-17H,1-2H3. The van der Waals surface area contributed by atoms with Gasteiger partial charge in [0.05, 0.1) is 22.4 Å². The highest BCUT2D eigenvalue weighted by molar-refractivity contribution is 6.33.